The van der Waals surface area contributed by atoms with Gasteiger partial charge in [-0.1, -0.05) is 30.3 Å². The largest absolute Gasteiger partial charge is 0.497 e. The topological polar surface area (TPSA) is 56.8 Å². The van der Waals surface area contributed by atoms with Crippen molar-refractivity contribution in [2.75, 3.05) is 14.2 Å². The molecule has 0 aliphatic carbocycles. The summed E-state index contributed by atoms with van der Waals surface area (Å²) < 4.78 is 15.5. The minimum Gasteiger partial charge on any atom is -0.497 e. The molecule has 0 heterocycles. The third kappa shape index (κ3) is 4.70. The summed E-state index contributed by atoms with van der Waals surface area (Å²) in [6, 6.07) is 15.0. The number of methoxy groups -OCH3 is 2. The smallest absolute Gasteiger partial charge is 0.407 e. The second-order valence-electron chi connectivity index (χ2n) is 4.64. The fourth-order valence-electron chi connectivity index (χ4n) is 1.92. The van der Waals surface area contributed by atoms with Crippen molar-refractivity contribution < 1.29 is 19.0 Å². The molecule has 0 aromatic heterocycles. The van der Waals surface area contributed by atoms with E-state index in [1.807, 2.05) is 42.5 Å². The summed E-state index contributed by atoms with van der Waals surface area (Å²) >= 11 is 0. The van der Waals surface area contributed by atoms with E-state index in [0.29, 0.717) is 18.0 Å². The Labute approximate surface area is 129 Å². The second-order valence-corrected chi connectivity index (χ2v) is 4.64. The molecule has 0 bridgehead atoms. The molecule has 0 saturated heterocycles. The first-order valence-corrected chi connectivity index (χ1v) is 6.88. The van der Waals surface area contributed by atoms with Crippen LogP contribution in [0.1, 0.15) is 11.1 Å². The number of alkyl carbamates (subject to hydrolysis) is 1. The van der Waals surface area contributed by atoms with Crippen LogP contribution in [0, 0.1) is 0 Å². The van der Waals surface area contributed by atoms with Crippen LogP contribution in [0.25, 0.3) is 0 Å². The molecule has 0 aliphatic heterocycles. The molecule has 2 rings (SSSR count). The first-order chi connectivity index (χ1) is 10.7. The van der Waals surface area contributed by atoms with Gasteiger partial charge in [0, 0.05) is 12.6 Å². The van der Waals surface area contributed by atoms with Crippen molar-refractivity contribution in [1.82, 2.24) is 5.32 Å². The number of rotatable bonds is 6. The number of ether oxygens (including phenoxy) is 3. The minimum absolute atomic E-state index is 0.244. The molecule has 1 N–H and O–H groups in total. The SMILES string of the molecule is COc1cc(CNC(=O)OCc2ccccc2)cc(OC)c1. The van der Waals surface area contributed by atoms with Gasteiger partial charge in [-0.05, 0) is 23.3 Å². The Hall–Kier alpha value is -2.69. The van der Waals surface area contributed by atoms with Crippen LogP contribution in [0.3, 0.4) is 0 Å². The van der Waals surface area contributed by atoms with E-state index < -0.39 is 6.09 Å². The summed E-state index contributed by atoms with van der Waals surface area (Å²) in [6.07, 6.45) is -0.467. The molecule has 0 aliphatic rings. The molecule has 1 amide bonds. The molecule has 0 fully saturated rings. The Bertz CT molecular complexity index is 591. The summed E-state index contributed by atoms with van der Waals surface area (Å²) in [6.45, 7) is 0.579. The van der Waals surface area contributed by atoms with Crippen LogP contribution in [0.5, 0.6) is 11.5 Å². The summed E-state index contributed by atoms with van der Waals surface area (Å²) in [4.78, 5) is 11.7. The normalized spacial score (nSPS) is 9.91. The van der Waals surface area contributed by atoms with Gasteiger partial charge in [0.2, 0.25) is 0 Å². The van der Waals surface area contributed by atoms with Gasteiger partial charge in [0.15, 0.2) is 0 Å². The van der Waals surface area contributed by atoms with Crippen LogP contribution in [0.15, 0.2) is 48.5 Å². The average Bonchev–Trinajstić information content (AvgIpc) is 2.58. The zero-order valence-corrected chi connectivity index (χ0v) is 12.7. The maximum Gasteiger partial charge on any atom is 0.407 e. The highest BCUT2D eigenvalue weighted by Crippen LogP contribution is 2.22. The van der Waals surface area contributed by atoms with Gasteiger partial charge in [-0.3, -0.25) is 0 Å². The Kier molecular flexibility index (Phi) is 5.65. The van der Waals surface area contributed by atoms with Crippen molar-refractivity contribution in [1.29, 1.82) is 0 Å². The maximum absolute atomic E-state index is 11.7. The zero-order valence-electron chi connectivity index (χ0n) is 12.7. The fourth-order valence-corrected chi connectivity index (χ4v) is 1.92. The van der Waals surface area contributed by atoms with Gasteiger partial charge in [-0.15, -0.1) is 0 Å². The fraction of sp³-hybridized carbons (Fsp3) is 0.235. The number of carbonyl (C=O) groups excluding carboxylic acids is 1. The number of hydrogen-bond donors (Lipinski definition) is 1. The van der Waals surface area contributed by atoms with Gasteiger partial charge in [0.05, 0.1) is 14.2 Å². The third-order valence-electron chi connectivity index (χ3n) is 3.06. The maximum atomic E-state index is 11.7. The highest BCUT2D eigenvalue weighted by atomic mass is 16.5. The molecular formula is C17H19NO4. The van der Waals surface area contributed by atoms with Crippen LogP contribution in [0.4, 0.5) is 4.79 Å². The standard InChI is InChI=1S/C17H19NO4/c1-20-15-8-14(9-16(10-15)21-2)11-18-17(19)22-12-13-6-4-3-5-7-13/h3-10H,11-12H2,1-2H3,(H,18,19). The minimum atomic E-state index is -0.467. The number of benzene rings is 2. The van der Waals surface area contributed by atoms with Crippen LogP contribution in [0.2, 0.25) is 0 Å². The number of carbonyl (C=O) groups is 1. The van der Waals surface area contributed by atoms with Crippen molar-refractivity contribution in [3.05, 3.63) is 59.7 Å². The Morgan fingerprint density at radius 2 is 1.59 bits per heavy atom. The van der Waals surface area contributed by atoms with E-state index in [4.69, 9.17) is 14.2 Å². The van der Waals surface area contributed by atoms with Crippen LogP contribution < -0.4 is 14.8 Å². The monoisotopic (exact) mass is 301 g/mol. The van der Waals surface area contributed by atoms with E-state index in [0.717, 1.165) is 11.1 Å². The van der Waals surface area contributed by atoms with Crippen molar-refractivity contribution in [3.8, 4) is 11.5 Å². The number of hydrogen-bond acceptors (Lipinski definition) is 4. The molecule has 2 aromatic rings. The molecule has 0 radical (unpaired) electrons. The lowest BCUT2D eigenvalue weighted by Gasteiger charge is -2.10. The van der Waals surface area contributed by atoms with Gasteiger partial charge in [-0.25, -0.2) is 4.79 Å². The second kappa shape index (κ2) is 7.93. The summed E-state index contributed by atoms with van der Waals surface area (Å²) in [7, 11) is 3.17. The van der Waals surface area contributed by atoms with Gasteiger partial charge in [-0.2, -0.15) is 0 Å². The Morgan fingerprint density at radius 1 is 0.955 bits per heavy atom. The first kappa shape index (κ1) is 15.7. The quantitative estimate of drug-likeness (QED) is 0.890. The average molecular weight is 301 g/mol. The highest BCUT2D eigenvalue weighted by molar-refractivity contribution is 5.67. The molecule has 5 heteroatoms. The Balaban J connectivity index is 1.85. The van der Waals surface area contributed by atoms with E-state index in [9.17, 15) is 4.79 Å². The Morgan fingerprint density at radius 3 is 2.18 bits per heavy atom. The number of amides is 1. The van der Waals surface area contributed by atoms with Crippen molar-refractivity contribution in [2.45, 2.75) is 13.2 Å². The van der Waals surface area contributed by atoms with E-state index in [1.165, 1.54) is 0 Å². The van der Waals surface area contributed by atoms with Crippen molar-refractivity contribution >= 4 is 6.09 Å². The predicted octanol–water partition coefficient (Wildman–Crippen LogP) is 3.13. The molecule has 0 unspecified atom stereocenters. The van der Waals surface area contributed by atoms with Crippen LogP contribution >= 0.6 is 0 Å². The molecule has 116 valence electrons. The molecule has 2 aromatic carbocycles. The lowest BCUT2D eigenvalue weighted by molar-refractivity contribution is 0.139. The molecular weight excluding hydrogens is 282 g/mol. The van der Waals surface area contributed by atoms with E-state index >= 15 is 0 Å². The van der Waals surface area contributed by atoms with Gasteiger partial charge < -0.3 is 19.5 Å². The van der Waals surface area contributed by atoms with Gasteiger partial charge >= 0.3 is 6.09 Å². The van der Waals surface area contributed by atoms with E-state index in [1.54, 1.807) is 20.3 Å². The van der Waals surface area contributed by atoms with E-state index in [2.05, 4.69) is 5.32 Å². The first-order valence-electron chi connectivity index (χ1n) is 6.88. The summed E-state index contributed by atoms with van der Waals surface area (Å²) in [5.74, 6) is 1.35. The van der Waals surface area contributed by atoms with Crippen LogP contribution in [-0.4, -0.2) is 20.3 Å². The summed E-state index contributed by atoms with van der Waals surface area (Å²) in [5.41, 5.74) is 1.81. The lowest BCUT2D eigenvalue weighted by atomic mass is 10.2. The predicted molar refractivity (Wildman–Crippen MR) is 83.0 cm³/mol. The molecule has 0 spiro atoms. The molecule has 22 heavy (non-hydrogen) atoms. The van der Waals surface area contributed by atoms with Crippen molar-refractivity contribution in [3.63, 3.8) is 0 Å². The van der Waals surface area contributed by atoms with Crippen molar-refractivity contribution in [2.24, 2.45) is 0 Å². The molecule has 5 nitrogen and oxygen atoms in total. The lowest BCUT2D eigenvalue weighted by Crippen LogP contribution is -2.23. The highest BCUT2D eigenvalue weighted by Gasteiger charge is 2.05. The van der Waals surface area contributed by atoms with Gasteiger partial charge in [0.1, 0.15) is 18.1 Å². The van der Waals surface area contributed by atoms with Gasteiger partial charge in [0.25, 0.3) is 0 Å². The number of nitrogens with one attached hydrogen (secondary N) is 1. The molecule has 0 saturated carbocycles. The third-order valence-corrected chi connectivity index (χ3v) is 3.06. The van der Waals surface area contributed by atoms with E-state index in [-0.39, 0.29) is 6.61 Å². The van der Waals surface area contributed by atoms with Crippen LogP contribution in [-0.2, 0) is 17.9 Å². The summed E-state index contributed by atoms with van der Waals surface area (Å²) in [5, 5.41) is 2.70. The zero-order chi connectivity index (χ0) is 15.8. The molecule has 0 atom stereocenters.